The maximum absolute atomic E-state index is 14.4. The second-order valence-electron chi connectivity index (χ2n) is 9.24. The van der Waals surface area contributed by atoms with Crippen LogP contribution in [0.1, 0.15) is 29.2 Å². The van der Waals surface area contributed by atoms with Crippen LogP contribution in [-0.4, -0.2) is 25.4 Å². The molecule has 0 unspecified atom stereocenters. The van der Waals surface area contributed by atoms with Crippen molar-refractivity contribution in [1.29, 1.82) is 5.26 Å². The third kappa shape index (κ3) is 6.19. The van der Waals surface area contributed by atoms with Crippen molar-refractivity contribution in [3.63, 3.8) is 0 Å². The summed E-state index contributed by atoms with van der Waals surface area (Å²) in [6, 6.07) is 7.17. The van der Waals surface area contributed by atoms with Crippen molar-refractivity contribution in [3.8, 4) is 28.7 Å². The SMILES string of the molecule is CCS(=O)(=O)c1cc(-c2coc(-c3cc(C(F)(F)F)c(C#N)c(=O)n3Cc3ccc(F)cc3F)c2)cc(C(F)(F)CF)c1. The number of pyridine rings is 1. The van der Waals surface area contributed by atoms with Gasteiger partial charge in [-0.2, -0.15) is 27.2 Å². The molecule has 6 nitrogen and oxygen atoms in total. The van der Waals surface area contributed by atoms with Crippen LogP contribution >= 0.6 is 0 Å². The number of rotatable bonds is 8. The van der Waals surface area contributed by atoms with Crippen molar-refractivity contribution in [2.75, 3.05) is 12.4 Å². The lowest BCUT2D eigenvalue weighted by molar-refractivity contribution is -0.137. The van der Waals surface area contributed by atoms with Gasteiger partial charge in [-0.25, -0.2) is 21.6 Å². The van der Waals surface area contributed by atoms with Gasteiger partial charge >= 0.3 is 12.1 Å². The van der Waals surface area contributed by atoms with E-state index in [1.165, 1.54) is 13.0 Å². The first-order valence-electron chi connectivity index (χ1n) is 12.1. The molecule has 4 aromatic rings. The van der Waals surface area contributed by atoms with Crippen LogP contribution in [0.4, 0.5) is 35.1 Å². The maximum atomic E-state index is 14.4. The molecule has 2 aromatic carbocycles. The number of hydrogen-bond acceptors (Lipinski definition) is 5. The van der Waals surface area contributed by atoms with E-state index in [0.29, 0.717) is 22.8 Å². The standard InChI is InChI=1S/C28H18F8N2O4S/c1-2-43(40,41)20-6-16(5-18(8-20)27(32,33)14-29)17-7-25(42-13-17)24-10-22(28(34,35)36)21(11-37)26(39)38(24)12-15-3-4-19(30)9-23(15)31/h3-10,13H,2,12,14H2,1H3. The Morgan fingerprint density at radius 2 is 1.67 bits per heavy atom. The van der Waals surface area contributed by atoms with Gasteiger partial charge in [0.05, 0.1) is 34.7 Å². The Balaban J connectivity index is 1.97. The number of nitrogens with zero attached hydrogens (tertiary/aromatic N) is 2. The molecular weight excluding hydrogens is 612 g/mol. The molecule has 0 atom stereocenters. The highest BCUT2D eigenvalue weighted by atomic mass is 32.2. The van der Waals surface area contributed by atoms with Crippen molar-refractivity contribution < 1.29 is 48.0 Å². The first-order valence-corrected chi connectivity index (χ1v) is 13.8. The summed E-state index contributed by atoms with van der Waals surface area (Å²) in [6.45, 7) is -1.69. The molecule has 2 aromatic heterocycles. The van der Waals surface area contributed by atoms with Gasteiger partial charge in [-0.05, 0) is 42.0 Å². The number of furan rings is 1. The van der Waals surface area contributed by atoms with Gasteiger partial charge in [0, 0.05) is 22.8 Å². The molecule has 0 aliphatic carbocycles. The molecule has 0 aliphatic rings. The van der Waals surface area contributed by atoms with Crippen LogP contribution in [0.5, 0.6) is 0 Å². The zero-order valence-electron chi connectivity index (χ0n) is 21.8. The summed E-state index contributed by atoms with van der Waals surface area (Å²) < 4.78 is 142. The summed E-state index contributed by atoms with van der Waals surface area (Å²) in [5.74, 6) is -7.20. The van der Waals surface area contributed by atoms with Crippen molar-refractivity contribution in [1.82, 2.24) is 4.57 Å². The second-order valence-corrected chi connectivity index (χ2v) is 11.5. The zero-order chi connectivity index (χ0) is 31.9. The Bertz CT molecular complexity index is 1920. The van der Waals surface area contributed by atoms with Crippen LogP contribution in [0.2, 0.25) is 0 Å². The van der Waals surface area contributed by atoms with Gasteiger partial charge in [-0.15, -0.1) is 0 Å². The van der Waals surface area contributed by atoms with Gasteiger partial charge in [0.15, 0.2) is 22.3 Å². The molecule has 0 aliphatic heterocycles. The minimum absolute atomic E-state index is 0.149. The predicted octanol–water partition coefficient (Wildman–Crippen LogP) is 6.85. The van der Waals surface area contributed by atoms with E-state index in [4.69, 9.17) is 4.42 Å². The molecule has 0 N–H and O–H groups in total. The third-order valence-electron chi connectivity index (χ3n) is 6.48. The van der Waals surface area contributed by atoms with Gasteiger partial charge in [0.1, 0.15) is 23.3 Å². The summed E-state index contributed by atoms with van der Waals surface area (Å²) in [5.41, 5.74) is -6.81. The van der Waals surface area contributed by atoms with Crippen molar-refractivity contribution in [2.45, 2.75) is 30.5 Å². The van der Waals surface area contributed by atoms with Gasteiger partial charge < -0.3 is 4.42 Å². The second kappa shape index (κ2) is 11.3. The molecule has 0 amide bonds. The molecule has 0 spiro atoms. The fourth-order valence-corrected chi connectivity index (χ4v) is 5.13. The van der Waals surface area contributed by atoms with E-state index in [1.807, 2.05) is 0 Å². The fraction of sp³-hybridized carbons (Fsp3) is 0.214. The minimum Gasteiger partial charge on any atom is -0.462 e. The summed E-state index contributed by atoms with van der Waals surface area (Å²) >= 11 is 0. The minimum atomic E-state index is -5.20. The first kappa shape index (κ1) is 31.5. The first-order chi connectivity index (χ1) is 20.0. The molecule has 0 bridgehead atoms. The lowest BCUT2D eigenvalue weighted by atomic mass is 10.0. The topological polar surface area (TPSA) is 93.1 Å². The van der Waals surface area contributed by atoms with Gasteiger partial charge in [0.2, 0.25) is 0 Å². The quantitative estimate of drug-likeness (QED) is 0.199. The molecule has 2 heterocycles. The van der Waals surface area contributed by atoms with Crippen LogP contribution in [-0.2, 0) is 28.5 Å². The van der Waals surface area contributed by atoms with Crippen LogP contribution in [0, 0.1) is 23.0 Å². The van der Waals surface area contributed by atoms with E-state index in [0.717, 1.165) is 36.6 Å². The maximum Gasteiger partial charge on any atom is 0.417 e. The number of alkyl halides is 6. The Morgan fingerprint density at radius 3 is 2.26 bits per heavy atom. The lowest BCUT2D eigenvalue weighted by Gasteiger charge is -2.16. The summed E-state index contributed by atoms with van der Waals surface area (Å²) in [7, 11) is -4.10. The summed E-state index contributed by atoms with van der Waals surface area (Å²) in [6.07, 6.45) is -4.34. The molecule has 226 valence electrons. The van der Waals surface area contributed by atoms with Crippen LogP contribution in [0.15, 0.2) is 68.9 Å². The highest BCUT2D eigenvalue weighted by Gasteiger charge is 2.37. The summed E-state index contributed by atoms with van der Waals surface area (Å²) in [4.78, 5) is 12.5. The number of aromatic nitrogens is 1. The Morgan fingerprint density at radius 1 is 0.977 bits per heavy atom. The molecule has 15 heteroatoms. The number of benzene rings is 2. The number of hydrogen-bond donors (Lipinski definition) is 0. The van der Waals surface area contributed by atoms with Crippen molar-refractivity contribution in [3.05, 3.63) is 99.0 Å². The van der Waals surface area contributed by atoms with Gasteiger partial charge in [-0.1, -0.05) is 13.0 Å². The Kier molecular flexibility index (Phi) is 8.29. The average Bonchev–Trinajstić information content (AvgIpc) is 3.44. The van der Waals surface area contributed by atoms with Crippen molar-refractivity contribution >= 4 is 9.84 Å². The van der Waals surface area contributed by atoms with Gasteiger partial charge in [-0.3, -0.25) is 9.36 Å². The predicted molar refractivity (Wildman–Crippen MR) is 137 cm³/mol. The lowest BCUT2D eigenvalue weighted by Crippen LogP contribution is -2.29. The largest absolute Gasteiger partial charge is 0.462 e. The van der Waals surface area contributed by atoms with E-state index < -0.39 is 91.1 Å². The highest BCUT2D eigenvalue weighted by Crippen LogP contribution is 2.38. The van der Waals surface area contributed by atoms with Crippen LogP contribution in [0.25, 0.3) is 22.6 Å². The number of halogens is 8. The smallest absolute Gasteiger partial charge is 0.417 e. The van der Waals surface area contributed by atoms with Crippen LogP contribution in [0.3, 0.4) is 0 Å². The molecule has 4 rings (SSSR count). The van der Waals surface area contributed by atoms with Gasteiger partial charge in [0.25, 0.3) is 5.56 Å². The Hall–Kier alpha value is -4.45. The Labute approximate surface area is 238 Å². The van der Waals surface area contributed by atoms with E-state index in [2.05, 4.69) is 0 Å². The fourth-order valence-electron chi connectivity index (χ4n) is 4.18. The molecular formula is C28H18F8N2O4S. The number of nitriles is 1. The van der Waals surface area contributed by atoms with E-state index >= 15 is 0 Å². The zero-order valence-corrected chi connectivity index (χ0v) is 22.6. The third-order valence-corrected chi connectivity index (χ3v) is 8.20. The molecule has 0 fully saturated rings. The molecule has 0 saturated carbocycles. The molecule has 0 saturated heterocycles. The van der Waals surface area contributed by atoms with E-state index in [-0.39, 0.29) is 16.7 Å². The molecule has 0 radical (unpaired) electrons. The number of sulfone groups is 1. The molecule has 43 heavy (non-hydrogen) atoms. The van der Waals surface area contributed by atoms with E-state index in [9.17, 15) is 53.6 Å². The normalized spacial score (nSPS) is 12.4. The monoisotopic (exact) mass is 630 g/mol. The van der Waals surface area contributed by atoms with Crippen molar-refractivity contribution in [2.24, 2.45) is 0 Å². The van der Waals surface area contributed by atoms with Crippen LogP contribution < -0.4 is 5.56 Å². The average molecular weight is 631 g/mol. The van der Waals surface area contributed by atoms with E-state index in [1.54, 1.807) is 0 Å². The summed E-state index contributed by atoms with van der Waals surface area (Å²) in [5, 5.41) is 9.33. The highest BCUT2D eigenvalue weighted by molar-refractivity contribution is 7.91.